The molecule has 7 heteroatoms. The monoisotopic (exact) mass is 321 g/mol. The Morgan fingerprint density at radius 3 is 2.76 bits per heavy atom. The average molecular weight is 322 g/mol. The number of nitrogens with one attached hydrogen (secondary N) is 1. The van der Waals surface area contributed by atoms with Gasteiger partial charge in [-0.2, -0.15) is 0 Å². The van der Waals surface area contributed by atoms with Crippen molar-refractivity contribution >= 4 is 31.7 Å². The van der Waals surface area contributed by atoms with Crippen LogP contribution in [0, 0.1) is 0 Å². The lowest BCUT2D eigenvalue weighted by atomic mass is 10.0. The normalized spacial score (nSPS) is 26.9. The third-order valence-corrected chi connectivity index (χ3v) is 5.30. The fourth-order valence-corrected chi connectivity index (χ4v) is 4.42. The Hall–Kier alpha value is -0.820. The molecule has 94 valence electrons. The van der Waals surface area contributed by atoms with E-state index in [0.29, 0.717) is 16.7 Å². The Morgan fingerprint density at radius 2 is 2.29 bits per heavy atom. The van der Waals surface area contributed by atoms with Gasteiger partial charge >= 0.3 is 0 Å². The van der Waals surface area contributed by atoms with Crippen LogP contribution in [0.5, 0.6) is 0 Å². The van der Waals surface area contributed by atoms with Crippen molar-refractivity contribution in [3.63, 3.8) is 0 Å². The van der Waals surface area contributed by atoms with Gasteiger partial charge in [0.2, 0.25) is 0 Å². The Kier molecular flexibility index (Phi) is 3.07. The van der Waals surface area contributed by atoms with Crippen LogP contribution < -0.4 is 5.32 Å². The molecule has 1 saturated heterocycles. The number of halogens is 1. The number of carbonyl (C=O) groups excluding carboxylic acids is 1. The summed E-state index contributed by atoms with van der Waals surface area (Å²) >= 11 is 3.11. The van der Waals surface area contributed by atoms with Gasteiger partial charge in [0.1, 0.15) is 0 Å². The van der Waals surface area contributed by atoms with Crippen LogP contribution >= 0.6 is 15.9 Å². The standard InChI is InChI=1S/C10H12BrNO4S/c1-10(3-5-17(14,15)6-10)12-9(13)7-2-4-16-8(7)11/h2,4H,3,5-6H2,1H3,(H,12,13). The zero-order chi connectivity index (χ0) is 12.7. The van der Waals surface area contributed by atoms with Gasteiger partial charge in [-0.15, -0.1) is 0 Å². The van der Waals surface area contributed by atoms with Crippen molar-refractivity contribution in [2.75, 3.05) is 11.5 Å². The number of hydrogen-bond donors (Lipinski definition) is 1. The van der Waals surface area contributed by atoms with Gasteiger partial charge in [-0.3, -0.25) is 4.79 Å². The lowest BCUT2D eigenvalue weighted by Crippen LogP contribution is -2.46. The molecule has 17 heavy (non-hydrogen) atoms. The number of hydrogen-bond acceptors (Lipinski definition) is 4. The molecule has 0 aromatic carbocycles. The summed E-state index contributed by atoms with van der Waals surface area (Å²) in [6.07, 6.45) is 1.84. The van der Waals surface area contributed by atoms with Crippen molar-refractivity contribution in [2.24, 2.45) is 0 Å². The maximum Gasteiger partial charge on any atom is 0.256 e. The third kappa shape index (κ3) is 2.71. The van der Waals surface area contributed by atoms with Crippen LogP contribution in [-0.2, 0) is 9.84 Å². The topological polar surface area (TPSA) is 76.4 Å². The van der Waals surface area contributed by atoms with Crippen molar-refractivity contribution in [2.45, 2.75) is 18.9 Å². The number of amides is 1. The van der Waals surface area contributed by atoms with Gasteiger partial charge in [-0.1, -0.05) is 0 Å². The van der Waals surface area contributed by atoms with Gasteiger partial charge in [0.15, 0.2) is 14.5 Å². The molecule has 5 nitrogen and oxygen atoms in total. The van der Waals surface area contributed by atoms with Crippen molar-refractivity contribution in [1.29, 1.82) is 0 Å². The van der Waals surface area contributed by atoms with E-state index in [1.807, 2.05) is 0 Å². The molecule has 1 atom stereocenters. The summed E-state index contributed by atoms with van der Waals surface area (Å²) in [5.41, 5.74) is -0.317. The minimum Gasteiger partial charge on any atom is -0.457 e. The van der Waals surface area contributed by atoms with Crippen molar-refractivity contribution < 1.29 is 17.6 Å². The lowest BCUT2D eigenvalue weighted by Gasteiger charge is -2.23. The molecule has 0 bridgehead atoms. The number of sulfone groups is 1. The summed E-state index contributed by atoms with van der Waals surface area (Å²) in [4.78, 5) is 11.9. The van der Waals surface area contributed by atoms with Gasteiger partial charge < -0.3 is 9.73 Å². The minimum atomic E-state index is -3.03. The second kappa shape index (κ2) is 4.13. The highest BCUT2D eigenvalue weighted by atomic mass is 79.9. The van der Waals surface area contributed by atoms with E-state index in [1.165, 1.54) is 12.3 Å². The van der Waals surface area contributed by atoms with Gasteiger partial charge in [0.25, 0.3) is 5.91 Å². The molecule has 1 N–H and O–H groups in total. The first-order valence-electron chi connectivity index (χ1n) is 5.07. The van der Waals surface area contributed by atoms with Gasteiger partial charge in [-0.05, 0) is 35.3 Å². The van der Waals surface area contributed by atoms with Crippen LogP contribution in [0.4, 0.5) is 0 Å². The van der Waals surface area contributed by atoms with E-state index in [9.17, 15) is 13.2 Å². The van der Waals surface area contributed by atoms with Crippen molar-refractivity contribution in [3.05, 3.63) is 22.6 Å². The molecule has 1 aliphatic rings. The summed E-state index contributed by atoms with van der Waals surface area (Å²) in [6, 6.07) is 1.53. The summed E-state index contributed by atoms with van der Waals surface area (Å²) in [6.45, 7) is 1.74. The smallest absolute Gasteiger partial charge is 0.256 e. The molecule has 0 spiro atoms. The fourth-order valence-electron chi connectivity index (χ4n) is 1.91. The average Bonchev–Trinajstić information content (AvgIpc) is 2.70. The van der Waals surface area contributed by atoms with Crippen LogP contribution in [0.15, 0.2) is 21.4 Å². The maximum atomic E-state index is 11.9. The Balaban J connectivity index is 2.13. The molecule has 1 fully saturated rings. The Bertz CT molecular complexity index is 550. The molecule has 0 saturated carbocycles. The number of carbonyl (C=O) groups is 1. The first kappa shape index (κ1) is 12.6. The third-order valence-electron chi connectivity index (χ3n) is 2.78. The maximum absolute atomic E-state index is 11.9. The molecular formula is C10H12BrNO4S. The van der Waals surface area contributed by atoms with Crippen LogP contribution in [-0.4, -0.2) is 31.4 Å². The quantitative estimate of drug-likeness (QED) is 0.892. The van der Waals surface area contributed by atoms with E-state index in [-0.39, 0.29) is 17.4 Å². The van der Waals surface area contributed by atoms with Gasteiger partial charge in [0, 0.05) is 0 Å². The molecule has 2 heterocycles. The summed E-state index contributed by atoms with van der Waals surface area (Å²) < 4.78 is 28.1. The molecule has 1 amide bonds. The predicted octanol–water partition coefficient (Wildman–Crippen LogP) is 1.35. The van der Waals surface area contributed by atoms with Crippen LogP contribution in [0.3, 0.4) is 0 Å². The number of rotatable bonds is 2. The lowest BCUT2D eigenvalue weighted by molar-refractivity contribution is 0.0913. The highest BCUT2D eigenvalue weighted by Gasteiger charge is 2.39. The largest absolute Gasteiger partial charge is 0.457 e. The first-order chi connectivity index (χ1) is 7.81. The highest BCUT2D eigenvalue weighted by Crippen LogP contribution is 2.24. The summed E-state index contributed by atoms with van der Waals surface area (Å²) in [7, 11) is -3.03. The summed E-state index contributed by atoms with van der Waals surface area (Å²) in [5, 5.41) is 2.75. The van der Waals surface area contributed by atoms with E-state index in [1.54, 1.807) is 6.92 Å². The zero-order valence-corrected chi connectivity index (χ0v) is 11.6. The van der Waals surface area contributed by atoms with E-state index in [0.717, 1.165) is 0 Å². The SMILES string of the molecule is CC1(NC(=O)c2ccoc2Br)CCS(=O)(=O)C1. The van der Waals surface area contributed by atoms with Gasteiger partial charge in [-0.25, -0.2) is 8.42 Å². The first-order valence-corrected chi connectivity index (χ1v) is 7.69. The van der Waals surface area contributed by atoms with Crippen molar-refractivity contribution in [1.82, 2.24) is 5.32 Å². The van der Waals surface area contributed by atoms with E-state index >= 15 is 0 Å². The molecule has 0 radical (unpaired) electrons. The number of furan rings is 1. The second-order valence-corrected chi connectivity index (χ2v) is 7.37. The molecular weight excluding hydrogens is 310 g/mol. The molecule has 1 aromatic heterocycles. The highest BCUT2D eigenvalue weighted by molar-refractivity contribution is 9.10. The van der Waals surface area contributed by atoms with E-state index in [2.05, 4.69) is 21.2 Å². The molecule has 0 aliphatic carbocycles. The van der Waals surface area contributed by atoms with E-state index in [4.69, 9.17) is 4.42 Å². The van der Waals surface area contributed by atoms with Crippen molar-refractivity contribution in [3.8, 4) is 0 Å². The Labute approximate surface area is 108 Å². The predicted molar refractivity (Wildman–Crippen MR) is 65.6 cm³/mol. The molecule has 1 aromatic rings. The minimum absolute atomic E-state index is 0.0127. The van der Waals surface area contributed by atoms with Crippen LogP contribution in [0.25, 0.3) is 0 Å². The second-order valence-electron chi connectivity index (χ2n) is 4.46. The molecule has 1 aliphatic heterocycles. The van der Waals surface area contributed by atoms with Crippen LogP contribution in [0.2, 0.25) is 0 Å². The van der Waals surface area contributed by atoms with Gasteiger partial charge in [0.05, 0.1) is 28.9 Å². The summed E-state index contributed by atoms with van der Waals surface area (Å²) in [5.74, 6) is -0.220. The van der Waals surface area contributed by atoms with E-state index < -0.39 is 15.4 Å². The molecule has 2 rings (SSSR count). The van der Waals surface area contributed by atoms with Crippen LogP contribution in [0.1, 0.15) is 23.7 Å². The Morgan fingerprint density at radius 1 is 1.59 bits per heavy atom. The molecule has 1 unspecified atom stereocenters. The zero-order valence-electron chi connectivity index (χ0n) is 9.20. The fraction of sp³-hybridized carbons (Fsp3) is 0.500.